The minimum atomic E-state index is 0.240. The van der Waals surface area contributed by atoms with Gasteiger partial charge in [0.25, 0.3) is 0 Å². The highest BCUT2D eigenvalue weighted by Gasteiger charge is 2.17. The Labute approximate surface area is 69.3 Å². The smallest absolute Gasteiger partial charge is 0.0152 e. The second-order valence-corrected chi connectivity index (χ2v) is 3.83. The molecule has 0 saturated heterocycles. The summed E-state index contributed by atoms with van der Waals surface area (Å²) in [7, 11) is 0. The van der Waals surface area contributed by atoms with Crippen molar-refractivity contribution < 1.29 is 0 Å². The van der Waals surface area contributed by atoms with Crippen molar-refractivity contribution in [2.45, 2.75) is 20.8 Å². The minimum absolute atomic E-state index is 0.240. The molecule has 0 aliphatic heterocycles. The van der Waals surface area contributed by atoms with Gasteiger partial charge in [-0.1, -0.05) is 43.7 Å². The normalized spacial score (nSPS) is 27.9. The van der Waals surface area contributed by atoms with E-state index in [0.717, 1.165) is 0 Å². The maximum absolute atomic E-state index is 3.79. The maximum Gasteiger partial charge on any atom is 0.0152 e. The minimum Gasteiger partial charge on any atom is -0.102 e. The van der Waals surface area contributed by atoms with Crippen LogP contribution in [0.3, 0.4) is 0 Å². The first-order valence-corrected chi connectivity index (χ1v) is 4.06. The lowest BCUT2D eigenvalue weighted by Crippen LogP contribution is -2.11. The lowest BCUT2D eigenvalue weighted by atomic mass is 9.81. The first-order chi connectivity index (χ1) is 5.05. The van der Waals surface area contributed by atoms with E-state index in [1.165, 1.54) is 5.57 Å². The molecule has 1 aliphatic rings. The van der Waals surface area contributed by atoms with Gasteiger partial charge in [0.05, 0.1) is 0 Å². The van der Waals surface area contributed by atoms with Gasteiger partial charge in [-0.2, -0.15) is 0 Å². The molecule has 1 unspecified atom stereocenters. The van der Waals surface area contributed by atoms with Crippen LogP contribution in [0.2, 0.25) is 0 Å². The van der Waals surface area contributed by atoms with Gasteiger partial charge in [0.2, 0.25) is 0 Å². The van der Waals surface area contributed by atoms with Crippen molar-refractivity contribution in [1.82, 2.24) is 0 Å². The third-order valence-electron chi connectivity index (χ3n) is 2.11. The van der Waals surface area contributed by atoms with Crippen LogP contribution in [0.4, 0.5) is 0 Å². The van der Waals surface area contributed by atoms with Gasteiger partial charge in [0.15, 0.2) is 0 Å². The van der Waals surface area contributed by atoms with E-state index in [-0.39, 0.29) is 5.41 Å². The Morgan fingerprint density at radius 1 is 1.55 bits per heavy atom. The molecule has 0 heterocycles. The molecule has 0 bridgehead atoms. The summed E-state index contributed by atoms with van der Waals surface area (Å²) in [4.78, 5) is 0. The summed E-state index contributed by atoms with van der Waals surface area (Å²) in [6, 6.07) is 0. The van der Waals surface area contributed by atoms with Gasteiger partial charge in [-0.15, -0.1) is 6.58 Å². The van der Waals surface area contributed by atoms with Crippen LogP contribution in [0.25, 0.3) is 0 Å². The second-order valence-electron chi connectivity index (χ2n) is 3.83. The van der Waals surface area contributed by atoms with Crippen molar-refractivity contribution in [2.24, 2.45) is 11.3 Å². The Kier molecular flexibility index (Phi) is 2.03. The average molecular weight is 148 g/mol. The summed E-state index contributed by atoms with van der Waals surface area (Å²) in [6.07, 6.45) is 8.76. The fourth-order valence-corrected chi connectivity index (χ4v) is 1.50. The second kappa shape index (κ2) is 2.69. The van der Waals surface area contributed by atoms with Crippen LogP contribution in [0.15, 0.2) is 36.5 Å². The number of hydrogen-bond donors (Lipinski definition) is 0. The molecular formula is C11H16. The van der Waals surface area contributed by atoms with Gasteiger partial charge in [-0.05, 0) is 6.92 Å². The summed E-state index contributed by atoms with van der Waals surface area (Å²) in [6.45, 7) is 10.4. The molecule has 0 aromatic rings. The van der Waals surface area contributed by atoms with Gasteiger partial charge in [-0.25, -0.2) is 0 Å². The van der Waals surface area contributed by atoms with Gasteiger partial charge in [0, 0.05) is 11.3 Å². The summed E-state index contributed by atoms with van der Waals surface area (Å²) in [5, 5.41) is 0. The number of rotatable bonds is 1. The SMILES string of the molecule is C=CC1C=CC(C)(C)C=C1C. The Hall–Kier alpha value is -0.780. The Balaban J connectivity index is 2.88. The molecule has 0 amide bonds. The van der Waals surface area contributed by atoms with Crippen molar-refractivity contribution in [3.8, 4) is 0 Å². The van der Waals surface area contributed by atoms with Crippen molar-refractivity contribution in [1.29, 1.82) is 0 Å². The van der Waals surface area contributed by atoms with E-state index in [4.69, 9.17) is 0 Å². The van der Waals surface area contributed by atoms with Crippen molar-refractivity contribution in [3.63, 3.8) is 0 Å². The zero-order valence-electron chi connectivity index (χ0n) is 7.59. The molecule has 1 aliphatic carbocycles. The maximum atomic E-state index is 3.79. The molecule has 60 valence electrons. The van der Waals surface area contributed by atoms with E-state index in [0.29, 0.717) is 5.92 Å². The molecule has 0 aromatic heterocycles. The number of hydrogen-bond acceptors (Lipinski definition) is 0. The van der Waals surface area contributed by atoms with Crippen LogP contribution in [-0.2, 0) is 0 Å². The predicted octanol–water partition coefficient (Wildman–Crippen LogP) is 3.33. The lowest BCUT2D eigenvalue weighted by Gasteiger charge is -2.24. The molecule has 0 fully saturated rings. The average Bonchev–Trinajstić information content (AvgIpc) is 1.86. The van der Waals surface area contributed by atoms with Gasteiger partial charge in [-0.3, -0.25) is 0 Å². The third kappa shape index (κ3) is 1.83. The Morgan fingerprint density at radius 3 is 2.64 bits per heavy atom. The highest BCUT2D eigenvalue weighted by Crippen LogP contribution is 2.30. The van der Waals surface area contributed by atoms with Gasteiger partial charge < -0.3 is 0 Å². The monoisotopic (exact) mass is 148 g/mol. The molecule has 0 saturated carbocycles. The Morgan fingerprint density at radius 2 is 2.18 bits per heavy atom. The fourth-order valence-electron chi connectivity index (χ4n) is 1.50. The molecule has 0 N–H and O–H groups in total. The molecule has 0 radical (unpaired) electrons. The first-order valence-electron chi connectivity index (χ1n) is 4.06. The zero-order chi connectivity index (χ0) is 8.48. The summed E-state index contributed by atoms with van der Waals surface area (Å²) < 4.78 is 0. The molecule has 1 atom stereocenters. The summed E-state index contributed by atoms with van der Waals surface area (Å²) >= 11 is 0. The van der Waals surface area contributed by atoms with Crippen LogP contribution in [0, 0.1) is 11.3 Å². The largest absolute Gasteiger partial charge is 0.102 e. The van der Waals surface area contributed by atoms with E-state index in [1.54, 1.807) is 0 Å². The highest BCUT2D eigenvalue weighted by molar-refractivity contribution is 5.27. The van der Waals surface area contributed by atoms with E-state index < -0.39 is 0 Å². The van der Waals surface area contributed by atoms with Crippen LogP contribution in [0.5, 0.6) is 0 Å². The quantitative estimate of drug-likeness (QED) is 0.500. The van der Waals surface area contributed by atoms with Gasteiger partial charge >= 0.3 is 0 Å². The molecule has 0 nitrogen and oxygen atoms in total. The molecule has 1 rings (SSSR count). The Bertz CT molecular complexity index is 216. The molecule has 0 spiro atoms. The molecule has 11 heavy (non-hydrogen) atoms. The van der Waals surface area contributed by atoms with Crippen LogP contribution >= 0.6 is 0 Å². The van der Waals surface area contributed by atoms with Crippen LogP contribution in [0.1, 0.15) is 20.8 Å². The number of allylic oxidation sites excluding steroid dienone is 5. The topological polar surface area (TPSA) is 0 Å². The van der Waals surface area contributed by atoms with Crippen molar-refractivity contribution in [3.05, 3.63) is 36.5 Å². The van der Waals surface area contributed by atoms with E-state index >= 15 is 0 Å². The fraction of sp³-hybridized carbons (Fsp3) is 0.455. The molecular weight excluding hydrogens is 132 g/mol. The standard InChI is InChI=1S/C11H16/c1-5-10-6-7-11(3,4)8-9(10)2/h5-8,10H,1H2,2-4H3. The highest BCUT2D eigenvalue weighted by atomic mass is 14.2. The zero-order valence-corrected chi connectivity index (χ0v) is 7.59. The van der Waals surface area contributed by atoms with E-state index in [2.05, 4.69) is 45.6 Å². The van der Waals surface area contributed by atoms with E-state index in [9.17, 15) is 0 Å². The van der Waals surface area contributed by atoms with Crippen LogP contribution < -0.4 is 0 Å². The third-order valence-corrected chi connectivity index (χ3v) is 2.11. The van der Waals surface area contributed by atoms with Crippen molar-refractivity contribution in [2.75, 3.05) is 0 Å². The van der Waals surface area contributed by atoms with Crippen molar-refractivity contribution >= 4 is 0 Å². The van der Waals surface area contributed by atoms with E-state index in [1.807, 2.05) is 6.08 Å². The summed E-state index contributed by atoms with van der Waals surface area (Å²) in [5.74, 6) is 0.461. The summed E-state index contributed by atoms with van der Waals surface area (Å²) in [5.41, 5.74) is 1.65. The lowest BCUT2D eigenvalue weighted by molar-refractivity contribution is 0.595. The molecule has 0 aromatic carbocycles. The van der Waals surface area contributed by atoms with Crippen LogP contribution in [-0.4, -0.2) is 0 Å². The van der Waals surface area contributed by atoms with Gasteiger partial charge in [0.1, 0.15) is 0 Å². The predicted molar refractivity (Wildman–Crippen MR) is 50.4 cm³/mol. The molecule has 0 heteroatoms. The first kappa shape index (κ1) is 8.32.